The van der Waals surface area contributed by atoms with Crippen molar-refractivity contribution in [1.82, 2.24) is 20.5 Å². The lowest BCUT2D eigenvalue weighted by Gasteiger charge is -2.34. The van der Waals surface area contributed by atoms with Gasteiger partial charge >= 0.3 is 0 Å². The van der Waals surface area contributed by atoms with E-state index in [-0.39, 0.29) is 17.9 Å². The Kier molecular flexibility index (Phi) is 10.1. The lowest BCUT2D eigenvalue weighted by molar-refractivity contribution is 0.00642. The van der Waals surface area contributed by atoms with Crippen LogP contribution in [0.3, 0.4) is 0 Å². The number of hydrogen-bond donors (Lipinski definition) is 2. The van der Waals surface area contributed by atoms with Crippen LogP contribution in [0, 0.1) is 0 Å². The van der Waals surface area contributed by atoms with Gasteiger partial charge in [-0.25, -0.2) is 4.98 Å². The highest BCUT2D eigenvalue weighted by molar-refractivity contribution is 7.09. The van der Waals surface area contributed by atoms with E-state index in [1.807, 2.05) is 84.9 Å². The van der Waals surface area contributed by atoms with Crippen LogP contribution in [-0.4, -0.2) is 73.7 Å². The van der Waals surface area contributed by atoms with Crippen LogP contribution in [0.2, 0.25) is 0 Å². The molecule has 1 aromatic heterocycles. The molecule has 2 N–H and O–H groups in total. The third-order valence-electron chi connectivity index (χ3n) is 6.91. The number of amides is 2. The number of para-hydroxylation sites is 1. The van der Waals surface area contributed by atoms with E-state index in [2.05, 4.69) is 20.5 Å². The van der Waals surface area contributed by atoms with Crippen LogP contribution >= 0.6 is 11.3 Å². The van der Waals surface area contributed by atoms with E-state index in [1.165, 1.54) is 11.3 Å². The Morgan fingerprint density at radius 1 is 0.878 bits per heavy atom. The van der Waals surface area contributed by atoms with Crippen molar-refractivity contribution < 1.29 is 19.1 Å². The highest BCUT2D eigenvalue weighted by atomic mass is 32.1. The summed E-state index contributed by atoms with van der Waals surface area (Å²) in [4.78, 5) is 32.3. The van der Waals surface area contributed by atoms with E-state index in [9.17, 15) is 9.59 Å². The number of carbonyl (C=O) groups is 2. The van der Waals surface area contributed by atoms with Crippen molar-refractivity contribution in [2.24, 2.45) is 0 Å². The minimum Gasteiger partial charge on any atom is -0.492 e. The highest BCUT2D eigenvalue weighted by Crippen LogP contribution is 2.19. The van der Waals surface area contributed by atoms with Crippen LogP contribution in [0.25, 0.3) is 11.1 Å². The Hall–Kier alpha value is -4.05. The summed E-state index contributed by atoms with van der Waals surface area (Å²) in [6.45, 7) is 4.26. The molecule has 2 heterocycles. The number of nitrogens with zero attached hydrogens (tertiary/aromatic N) is 2. The molecule has 1 fully saturated rings. The lowest BCUT2D eigenvalue weighted by Crippen LogP contribution is -2.51. The van der Waals surface area contributed by atoms with Gasteiger partial charge in [0.1, 0.15) is 18.1 Å². The first-order valence-corrected chi connectivity index (χ1v) is 14.7. The van der Waals surface area contributed by atoms with E-state index in [0.29, 0.717) is 50.6 Å². The number of morpholine rings is 1. The van der Waals surface area contributed by atoms with Gasteiger partial charge < -0.3 is 20.1 Å². The summed E-state index contributed by atoms with van der Waals surface area (Å²) in [7, 11) is 0. The molecule has 1 aliphatic rings. The quantitative estimate of drug-likeness (QED) is 0.264. The summed E-state index contributed by atoms with van der Waals surface area (Å²) in [6, 6.07) is 27.3. The Morgan fingerprint density at radius 2 is 1.56 bits per heavy atom. The summed E-state index contributed by atoms with van der Waals surface area (Å²) in [5.74, 6) is 0.455. The minimum atomic E-state index is -0.215. The predicted octanol–water partition coefficient (Wildman–Crippen LogP) is 4.29. The second-order valence-electron chi connectivity index (χ2n) is 9.71. The van der Waals surface area contributed by atoms with Crippen molar-refractivity contribution >= 4 is 23.2 Å². The van der Waals surface area contributed by atoms with Gasteiger partial charge in [-0.05, 0) is 35.4 Å². The number of thiazole rings is 1. The maximum Gasteiger partial charge on any atom is 0.270 e. The Labute approximate surface area is 244 Å². The summed E-state index contributed by atoms with van der Waals surface area (Å²) >= 11 is 1.42. The molecular formula is C32H34N4O4S. The predicted molar refractivity (Wildman–Crippen MR) is 160 cm³/mol. The Balaban J connectivity index is 1.08. The largest absolute Gasteiger partial charge is 0.492 e. The molecule has 0 spiro atoms. The fourth-order valence-electron chi connectivity index (χ4n) is 4.61. The molecule has 1 saturated heterocycles. The third kappa shape index (κ3) is 8.23. The van der Waals surface area contributed by atoms with Crippen molar-refractivity contribution in [3.05, 3.63) is 107 Å². The molecule has 8 nitrogen and oxygen atoms in total. The lowest BCUT2D eigenvalue weighted by atomic mass is 10.0. The van der Waals surface area contributed by atoms with Crippen molar-refractivity contribution in [2.45, 2.75) is 12.5 Å². The zero-order chi connectivity index (χ0) is 28.3. The first-order chi connectivity index (χ1) is 20.2. The van der Waals surface area contributed by atoms with Gasteiger partial charge in [-0.1, -0.05) is 60.7 Å². The second kappa shape index (κ2) is 14.5. The molecule has 1 unspecified atom stereocenters. The van der Waals surface area contributed by atoms with Gasteiger partial charge in [-0.15, -0.1) is 11.3 Å². The van der Waals surface area contributed by atoms with E-state index in [0.717, 1.165) is 35.0 Å². The first-order valence-electron chi connectivity index (χ1n) is 13.8. The van der Waals surface area contributed by atoms with E-state index < -0.39 is 0 Å². The maximum atomic E-state index is 12.9. The molecule has 0 aliphatic carbocycles. The molecule has 0 radical (unpaired) electrons. The zero-order valence-corrected chi connectivity index (χ0v) is 23.6. The molecular weight excluding hydrogens is 536 g/mol. The van der Waals surface area contributed by atoms with Gasteiger partial charge in [0.15, 0.2) is 0 Å². The summed E-state index contributed by atoms with van der Waals surface area (Å²) in [6.07, 6.45) is 0.549. The van der Waals surface area contributed by atoms with E-state index in [4.69, 9.17) is 9.47 Å². The van der Waals surface area contributed by atoms with Crippen LogP contribution in [-0.2, 0) is 11.2 Å². The monoisotopic (exact) mass is 570 g/mol. The average Bonchev–Trinajstić information content (AvgIpc) is 3.51. The van der Waals surface area contributed by atoms with Crippen molar-refractivity contribution in [3.63, 3.8) is 0 Å². The molecule has 1 aliphatic heterocycles. The fourth-order valence-corrected chi connectivity index (χ4v) is 5.38. The number of benzene rings is 3. The number of rotatable bonds is 12. The molecule has 5 rings (SSSR count). The second-order valence-corrected chi connectivity index (χ2v) is 10.7. The van der Waals surface area contributed by atoms with Gasteiger partial charge in [0.2, 0.25) is 0 Å². The number of aromatic nitrogens is 1. The molecule has 0 bridgehead atoms. The van der Waals surface area contributed by atoms with Crippen LogP contribution < -0.4 is 15.4 Å². The number of ether oxygens (including phenoxy) is 2. The molecule has 1 atom stereocenters. The molecule has 2 amide bonds. The Morgan fingerprint density at radius 3 is 2.29 bits per heavy atom. The van der Waals surface area contributed by atoms with E-state index in [1.54, 1.807) is 5.38 Å². The summed E-state index contributed by atoms with van der Waals surface area (Å²) < 4.78 is 11.5. The fraction of sp³-hybridized carbons (Fsp3) is 0.281. The first kappa shape index (κ1) is 28.5. The molecule has 9 heteroatoms. The standard InChI is InChI=1S/C32H34N4O4S/c37-31(26-13-11-25(12-14-26)24-7-3-1-4-8-24)33-16-15-30-35-29(23-41-30)32(38)34-21-27(36-17-19-39-20-18-36)22-40-28-9-5-2-6-10-28/h1-14,23,27H,15-22H2,(H,33,37)(H,34,38). The molecule has 212 valence electrons. The number of hydrogen-bond acceptors (Lipinski definition) is 7. The van der Waals surface area contributed by atoms with Gasteiger partial charge in [0.25, 0.3) is 11.8 Å². The van der Waals surface area contributed by atoms with Crippen LogP contribution in [0.1, 0.15) is 25.9 Å². The van der Waals surface area contributed by atoms with Gasteiger partial charge in [-0.2, -0.15) is 0 Å². The van der Waals surface area contributed by atoms with Crippen molar-refractivity contribution in [1.29, 1.82) is 0 Å². The van der Waals surface area contributed by atoms with Gasteiger partial charge in [0.05, 0.1) is 24.3 Å². The van der Waals surface area contributed by atoms with Crippen molar-refractivity contribution in [2.75, 3.05) is 46.0 Å². The van der Waals surface area contributed by atoms with Crippen molar-refractivity contribution in [3.8, 4) is 16.9 Å². The molecule has 0 saturated carbocycles. The summed E-state index contributed by atoms with van der Waals surface area (Å²) in [5, 5.41) is 8.54. The van der Waals surface area contributed by atoms with Gasteiger partial charge in [0, 0.05) is 43.5 Å². The van der Waals surface area contributed by atoms with Gasteiger partial charge in [-0.3, -0.25) is 14.5 Å². The minimum absolute atomic E-state index is 0.0122. The average molecular weight is 571 g/mol. The number of carbonyl (C=O) groups excluding carboxylic acids is 2. The normalized spacial score (nSPS) is 14.2. The van der Waals surface area contributed by atoms with Crippen LogP contribution in [0.5, 0.6) is 5.75 Å². The third-order valence-corrected chi connectivity index (χ3v) is 7.82. The van der Waals surface area contributed by atoms with Crippen LogP contribution in [0.4, 0.5) is 0 Å². The molecule has 3 aromatic carbocycles. The topological polar surface area (TPSA) is 92.8 Å². The SMILES string of the molecule is O=C(NCCc1nc(C(=O)NCC(COc2ccccc2)N2CCOCC2)cs1)c1ccc(-c2ccccc2)cc1. The summed E-state index contributed by atoms with van der Waals surface area (Å²) in [5.41, 5.74) is 3.17. The Bertz CT molecular complexity index is 1390. The van der Waals surface area contributed by atoms with Crippen LogP contribution in [0.15, 0.2) is 90.3 Å². The van der Waals surface area contributed by atoms with E-state index >= 15 is 0 Å². The zero-order valence-electron chi connectivity index (χ0n) is 22.8. The smallest absolute Gasteiger partial charge is 0.270 e. The molecule has 41 heavy (non-hydrogen) atoms. The number of nitrogens with one attached hydrogen (secondary N) is 2. The molecule has 4 aromatic rings. The highest BCUT2D eigenvalue weighted by Gasteiger charge is 2.23. The maximum absolute atomic E-state index is 12.9.